The van der Waals surface area contributed by atoms with Crippen molar-refractivity contribution in [3.8, 4) is 11.3 Å². The predicted molar refractivity (Wildman–Crippen MR) is 104 cm³/mol. The van der Waals surface area contributed by atoms with Gasteiger partial charge in [-0.3, -0.25) is 4.72 Å². The van der Waals surface area contributed by atoms with Crippen molar-refractivity contribution < 1.29 is 12.9 Å². The summed E-state index contributed by atoms with van der Waals surface area (Å²) in [5.41, 5.74) is 2.89. The smallest absolute Gasteiger partial charge is 0.271 e. The first-order chi connectivity index (χ1) is 11.8. The van der Waals surface area contributed by atoms with E-state index in [0.29, 0.717) is 33.1 Å². The molecule has 0 saturated heterocycles. The Bertz CT molecular complexity index is 993. The van der Waals surface area contributed by atoms with E-state index in [0.717, 1.165) is 5.56 Å². The molecule has 0 radical (unpaired) electrons. The van der Waals surface area contributed by atoms with Gasteiger partial charge in [0.15, 0.2) is 5.76 Å². The van der Waals surface area contributed by atoms with Gasteiger partial charge < -0.3 is 4.52 Å². The molecule has 5 nitrogen and oxygen atoms in total. The zero-order valence-corrected chi connectivity index (χ0v) is 17.1. The van der Waals surface area contributed by atoms with Gasteiger partial charge in [-0.05, 0) is 57.9 Å². The summed E-state index contributed by atoms with van der Waals surface area (Å²) in [5, 5.41) is 5.69. The zero-order valence-electron chi connectivity index (χ0n) is 13.9. The molecule has 0 fully saturated rings. The molecule has 0 unspecified atom stereocenters. The lowest BCUT2D eigenvalue weighted by molar-refractivity contribution is 0.427. The van der Waals surface area contributed by atoms with Gasteiger partial charge in [0.1, 0.15) is 4.21 Å². The van der Waals surface area contributed by atoms with Gasteiger partial charge in [0.2, 0.25) is 0 Å². The van der Waals surface area contributed by atoms with Crippen molar-refractivity contribution in [3.63, 3.8) is 0 Å². The Morgan fingerprint density at radius 1 is 1.28 bits per heavy atom. The topological polar surface area (TPSA) is 72.2 Å². The Hall–Kier alpha value is -1.64. The molecule has 0 aliphatic carbocycles. The van der Waals surface area contributed by atoms with Gasteiger partial charge in [0, 0.05) is 5.56 Å². The molecule has 0 bridgehead atoms. The minimum atomic E-state index is -3.65. The minimum absolute atomic E-state index is 0.263. The third-order valence-electron chi connectivity index (χ3n) is 3.75. The lowest BCUT2D eigenvalue weighted by atomic mass is 9.99. The number of thiophene rings is 1. The Morgan fingerprint density at radius 2 is 2.04 bits per heavy atom. The summed E-state index contributed by atoms with van der Waals surface area (Å²) in [6.07, 6.45) is 0. The van der Waals surface area contributed by atoms with Crippen LogP contribution in [0.15, 0.2) is 48.9 Å². The summed E-state index contributed by atoms with van der Waals surface area (Å²) in [5.74, 6) is 0.799. The first-order valence-electron chi connectivity index (χ1n) is 7.62. The summed E-state index contributed by atoms with van der Waals surface area (Å²) in [6.45, 7) is 5.98. The number of anilines is 1. The fourth-order valence-electron chi connectivity index (χ4n) is 2.34. The number of hydrogen-bond donors (Lipinski definition) is 1. The van der Waals surface area contributed by atoms with Gasteiger partial charge in [0.25, 0.3) is 10.0 Å². The molecule has 2 heterocycles. The third-order valence-corrected chi connectivity index (χ3v) is 7.45. The van der Waals surface area contributed by atoms with Gasteiger partial charge in [-0.2, -0.15) is 0 Å². The fourth-order valence-corrected chi connectivity index (χ4v) is 4.77. The lowest BCUT2D eigenvalue weighted by Crippen LogP contribution is -2.12. The molecule has 0 saturated carbocycles. The number of aromatic nitrogens is 1. The number of nitrogens with zero attached hydrogens (tertiary/aromatic N) is 1. The van der Waals surface area contributed by atoms with Crippen LogP contribution in [0.5, 0.6) is 0 Å². The number of aryl methyl sites for hydroxylation is 1. The molecule has 0 amide bonds. The van der Waals surface area contributed by atoms with E-state index in [4.69, 9.17) is 4.52 Å². The number of sulfonamides is 1. The van der Waals surface area contributed by atoms with Gasteiger partial charge >= 0.3 is 0 Å². The molecule has 1 aromatic carbocycles. The van der Waals surface area contributed by atoms with Crippen LogP contribution >= 0.6 is 27.3 Å². The first kappa shape index (κ1) is 18.2. The zero-order chi connectivity index (χ0) is 18.2. The largest absolute Gasteiger partial charge is 0.355 e. The maximum atomic E-state index is 12.6. The van der Waals surface area contributed by atoms with Crippen LogP contribution in [0.25, 0.3) is 11.3 Å². The number of halogens is 1. The molecular formula is C17H17BrN2O3S2. The quantitative estimate of drug-likeness (QED) is 0.576. The SMILES string of the molecule is Cc1noc(-c2cc(C(C)C)ccc2NS(=O)(=O)c2cccs2)c1Br. The van der Waals surface area contributed by atoms with E-state index in [9.17, 15) is 8.42 Å². The van der Waals surface area contributed by atoms with Gasteiger partial charge in [0.05, 0.1) is 15.9 Å². The van der Waals surface area contributed by atoms with E-state index in [1.165, 1.54) is 11.3 Å². The van der Waals surface area contributed by atoms with E-state index in [1.54, 1.807) is 23.6 Å². The minimum Gasteiger partial charge on any atom is -0.355 e. The molecule has 0 aliphatic heterocycles. The molecular weight excluding hydrogens is 424 g/mol. The molecule has 0 atom stereocenters. The van der Waals surface area contributed by atoms with Gasteiger partial charge in [-0.25, -0.2) is 8.42 Å². The second-order valence-electron chi connectivity index (χ2n) is 5.91. The molecule has 2 aromatic heterocycles. The van der Waals surface area contributed by atoms with Crippen LogP contribution in [0, 0.1) is 6.92 Å². The van der Waals surface area contributed by atoms with Crippen molar-refractivity contribution >= 4 is 43.0 Å². The average Bonchev–Trinajstić information content (AvgIpc) is 3.20. The molecule has 0 aliphatic rings. The van der Waals surface area contributed by atoms with Gasteiger partial charge in [-0.15, -0.1) is 11.3 Å². The summed E-state index contributed by atoms with van der Waals surface area (Å²) in [7, 11) is -3.65. The van der Waals surface area contributed by atoms with Crippen LogP contribution in [0.2, 0.25) is 0 Å². The number of benzene rings is 1. The van der Waals surface area contributed by atoms with E-state index in [2.05, 4.69) is 39.7 Å². The van der Waals surface area contributed by atoms with E-state index in [-0.39, 0.29) is 4.21 Å². The monoisotopic (exact) mass is 440 g/mol. The van der Waals surface area contributed by atoms with Crippen molar-refractivity contribution in [1.82, 2.24) is 5.16 Å². The summed E-state index contributed by atoms with van der Waals surface area (Å²) in [6, 6.07) is 8.89. The molecule has 1 N–H and O–H groups in total. The highest BCUT2D eigenvalue weighted by atomic mass is 79.9. The van der Waals surface area contributed by atoms with Crippen molar-refractivity contribution in [3.05, 3.63) is 51.4 Å². The second kappa shape index (κ2) is 6.93. The first-order valence-corrected chi connectivity index (χ1v) is 10.8. The normalized spacial score (nSPS) is 11.9. The summed E-state index contributed by atoms with van der Waals surface area (Å²) in [4.78, 5) is 0. The third kappa shape index (κ3) is 3.65. The van der Waals surface area contributed by atoms with Crippen LogP contribution in [0.1, 0.15) is 31.0 Å². The Morgan fingerprint density at radius 3 is 2.60 bits per heavy atom. The van der Waals surface area contributed by atoms with Crippen molar-refractivity contribution in [2.75, 3.05) is 4.72 Å². The van der Waals surface area contributed by atoms with Gasteiger partial charge in [-0.1, -0.05) is 31.1 Å². The molecule has 8 heteroatoms. The van der Waals surface area contributed by atoms with Crippen LogP contribution in [0.3, 0.4) is 0 Å². The molecule has 25 heavy (non-hydrogen) atoms. The van der Waals surface area contributed by atoms with E-state index >= 15 is 0 Å². The van der Waals surface area contributed by atoms with Crippen LogP contribution in [-0.2, 0) is 10.0 Å². The highest BCUT2D eigenvalue weighted by molar-refractivity contribution is 9.10. The number of rotatable bonds is 5. The van der Waals surface area contributed by atoms with Crippen molar-refractivity contribution in [2.24, 2.45) is 0 Å². The Balaban J connectivity index is 2.12. The van der Waals surface area contributed by atoms with Crippen LogP contribution in [-0.4, -0.2) is 13.6 Å². The molecule has 0 spiro atoms. The van der Waals surface area contributed by atoms with Crippen molar-refractivity contribution in [1.29, 1.82) is 0 Å². The standard InChI is InChI=1S/C17H17BrN2O3S2/c1-10(2)12-6-7-14(20-25(21,22)15-5-4-8-24-15)13(9-12)17-16(18)11(3)19-23-17/h4-10,20H,1-3H3. The Kier molecular flexibility index (Phi) is 5.04. The maximum absolute atomic E-state index is 12.6. The fraction of sp³-hybridized carbons (Fsp3) is 0.235. The summed E-state index contributed by atoms with van der Waals surface area (Å²) < 4.78 is 34.3. The Labute approximate surface area is 159 Å². The maximum Gasteiger partial charge on any atom is 0.271 e. The van der Waals surface area contributed by atoms with Crippen LogP contribution < -0.4 is 4.72 Å². The van der Waals surface area contributed by atoms with E-state index < -0.39 is 10.0 Å². The van der Waals surface area contributed by atoms with E-state index in [1.807, 2.05) is 19.1 Å². The number of nitrogens with one attached hydrogen (secondary N) is 1. The van der Waals surface area contributed by atoms with Crippen molar-refractivity contribution in [2.45, 2.75) is 30.9 Å². The highest BCUT2D eigenvalue weighted by Crippen LogP contribution is 2.38. The molecule has 132 valence electrons. The second-order valence-corrected chi connectivity index (χ2v) is 9.56. The van der Waals surface area contributed by atoms with Crippen LogP contribution in [0.4, 0.5) is 5.69 Å². The molecule has 3 rings (SSSR count). The lowest BCUT2D eigenvalue weighted by Gasteiger charge is -2.14. The summed E-state index contributed by atoms with van der Waals surface area (Å²) >= 11 is 4.64. The molecule has 3 aromatic rings. The predicted octanol–water partition coefficient (Wildman–Crippen LogP) is 5.40. The number of hydrogen-bond acceptors (Lipinski definition) is 5. The average molecular weight is 441 g/mol. The highest BCUT2D eigenvalue weighted by Gasteiger charge is 2.22.